The Balaban J connectivity index is 1.80. The first kappa shape index (κ1) is 14.7. The van der Waals surface area contributed by atoms with E-state index in [2.05, 4.69) is 31.5 Å². The van der Waals surface area contributed by atoms with Crippen molar-refractivity contribution in [3.8, 4) is 0 Å². The number of aliphatic hydroxyl groups is 1. The summed E-state index contributed by atoms with van der Waals surface area (Å²) in [4.78, 5) is 15.0. The average molecular weight is 349 g/mol. The summed E-state index contributed by atoms with van der Waals surface area (Å²) in [6.07, 6.45) is 0.769. The molecule has 1 saturated heterocycles. The molecule has 3 N–H and O–H groups in total. The minimum atomic E-state index is -0.658. The molecule has 7 heteroatoms. The molecule has 1 amide bonds. The number of halogens is 2. The standard InChI is InChI=1S/C12H15BrClN3O2/c13-10-3-7(4-11(14)17-10)9(18)6-15-5-8-1-2-12(19)16-8/h3-4,8-9,15,18H,1-2,5-6H2,(H,16,19)/t8-,9?/m1/s1. The van der Waals surface area contributed by atoms with Gasteiger partial charge < -0.3 is 15.7 Å². The average Bonchev–Trinajstić information content (AvgIpc) is 2.73. The van der Waals surface area contributed by atoms with Crippen molar-refractivity contribution in [2.45, 2.75) is 25.0 Å². The molecule has 1 aliphatic rings. The van der Waals surface area contributed by atoms with Crippen LogP contribution >= 0.6 is 27.5 Å². The number of carbonyl (C=O) groups excluding carboxylic acids is 1. The minimum absolute atomic E-state index is 0.0946. The summed E-state index contributed by atoms with van der Waals surface area (Å²) in [6.45, 7) is 1.06. The lowest BCUT2D eigenvalue weighted by atomic mass is 10.1. The van der Waals surface area contributed by atoms with Crippen LogP contribution in [0.1, 0.15) is 24.5 Å². The largest absolute Gasteiger partial charge is 0.387 e. The van der Waals surface area contributed by atoms with Crippen molar-refractivity contribution in [2.75, 3.05) is 13.1 Å². The summed E-state index contributed by atoms with van der Waals surface area (Å²) in [7, 11) is 0. The number of rotatable bonds is 5. The monoisotopic (exact) mass is 347 g/mol. The number of hydrogen-bond acceptors (Lipinski definition) is 4. The Morgan fingerprint density at radius 2 is 2.42 bits per heavy atom. The number of amides is 1. The van der Waals surface area contributed by atoms with Gasteiger partial charge in [-0.25, -0.2) is 4.98 Å². The van der Waals surface area contributed by atoms with Gasteiger partial charge in [0.05, 0.1) is 6.10 Å². The third kappa shape index (κ3) is 4.42. The molecule has 1 fully saturated rings. The fourth-order valence-corrected chi connectivity index (χ4v) is 2.79. The van der Waals surface area contributed by atoms with Crippen molar-refractivity contribution in [3.63, 3.8) is 0 Å². The molecule has 1 aliphatic heterocycles. The van der Waals surface area contributed by atoms with E-state index in [-0.39, 0.29) is 11.9 Å². The lowest BCUT2D eigenvalue weighted by Crippen LogP contribution is -2.37. The first-order valence-electron chi connectivity index (χ1n) is 6.05. The Labute approximate surface area is 124 Å². The third-order valence-electron chi connectivity index (χ3n) is 2.98. The lowest BCUT2D eigenvalue weighted by Gasteiger charge is -2.15. The van der Waals surface area contributed by atoms with Gasteiger partial charge in [0.25, 0.3) is 0 Å². The van der Waals surface area contributed by atoms with Crippen LogP contribution in [0.15, 0.2) is 16.7 Å². The molecule has 1 aromatic rings. The smallest absolute Gasteiger partial charge is 0.220 e. The van der Waals surface area contributed by atoms with Crippen LogP contribution in [0, 0.1) is 0 Å². The molecule has 19 heavy (non-hydrogen) atoms. The summed E-state index contributed by atoms with van der Waals surface area (Å²) in [6, 6.07) is 3.53. The number of hydrogen-bond donors (Lipinski definition) is 3. The quantitative estimate of drug-likeness (QED) is 0.703. The van der Waals surface area contributed by atoms with Gasteiger partial charge in [0, 0.05) is 25.6 Å². The molecular weight excluding hydrogens is 334 g/mol. The zero-order valence-electron chi connectivity index (χ0n) is 10.2. The second-order valence-corrected chi connectivity index (χ2v) is 5.72. The maximum Gasteiger partial charge on any atom is 0.220 e. The highest BCUT2D eigenvalue weighted by molar-refractivity contribution is 9.10. The maximum absolute atomic E-state index is 11.0. The van der Waals surface area contributed by atoms with E-state index >= 15 is 0 Å². The van der Waals surface area contributed by atoms with Gasteiger partial charge in [-0.05, 0) is 40.0 Å². The third-order valence-corrected chi connectivity index (χ3v) is 3.58. The van der Waals surface area contributed by atoms with Crippen LogP contribution in [0.3, 0.4) is 0 Å². The molecule has 0 aliphatic carbocycles. The highest BCUT2D eigenvalue weighted by Gasteiger charge is 2.20. The Hall–Kier alpha value is -0.690. The number of carbonyl (C=O) groups is 1. The molecular formula is C12H15BrClN3O2. The van der Waals surface area contributed by atoms with Gasteiger partial charge >= 0.3 is 0 Å². The van der Waals surface area contributed by atoms with Crippen LogP contribution in [-0.4, -0.2) is 35.1 Å². The zero-order chi connectivity index (χ0) is 13.8. The van der Waals surface area contributed by atoms with Crippen molar-refractivity contribution in [3.05, 3.63) is 27.5 Å². The fourth-order valence-electron chi connectivity index (χ4n) is 2.02. The van der Waals surface area contributed by atoms with Crippen LogP contribution in [0.25, 0.3) is 0 Å². The summed E-state index contributed by atoms with van der Waals surface area (Å²) in [5, 5.41) is 16.4. The van der Waals surface area contributed by atoms with E-state index in [9.17, 15) is 9.90 Å². The number of nitrogens with zero attached hydrogens (tertiary/aromatic N) is 1. The number of aliphatic hydroxyl groups excluding tert-OH is 1. The molecule has 0 radical (unpaired) electrons. The van der Waals surface area contributed by atoms with Gasteiger partial charge in [-0.15, -0.1) is 0 Å². The summed E-state index contributed by atoms with van der Waals surface area (Å²) in [5.41, 5.74) is 0.704. The Bertz CT molecular complexity index is 452. The highest BCUT2D eigenvalue weighted by Crippen LogP contribution is 2.20. The first-order valence-corrected chi connectivity index (χ1v) is 7.23. The summed E-state index contributed by atoms with van der Waals surface area (Å²) < 4.78 is 0.595. The number of aromatic nitrogens is 1. The van der Waals surface area contributed by atoms with E-state index < -0.39 is 6.10 Å². The number of nitrogens with one attached hydrogen (secondary N) is 2. The second kappa shape index (κ2) is 6.65. The van der Waals surface area contributed by atoms with Crippen LogP contribution in [0.4, 0.5) is 0 Å². The van der Waals surface area contributed by atoms with Crippen LogP contribution in [0.5, 0.6) is 0 Å². The van der Waals surface area contributed by atoms with Gasteiger partial charge in [0.15, 0.2) is 0 Å². The lowest BCUT2D eigenvalue weighted by molar-refractivity contribution is -0.119. The second-order valence-electron chi connectivity index (χ2n) is 4.52. The van der Waals surface area contributed by atoms with Crippen LogP contribution in [0.2, 0.25) is 5.15 Å². The Morgan fingerprint density at radius 1 is 1.63 bits per heavy atom. The van der Waals surface area contributed by atoms with E-state index in [1.807, 2.05) is 0 Å². The van der Waals surface area contributed by atoms with E-state index in [4.69, 9.17) is 11.6 Å². The van der Waals surface area contributed by atoms with Gasteiger partial charge in [0.1, 0.15) is 9.76 Å². The fraction of sp³-hybridized carbons (Fsp3) is 0.500. The maximum atomic E-state index is 11.0. The molecule has 0 spiro atoms. The molecule has 0 saturated carbocycles. The molecule has 2 atom stereocenters. The summed E-state index contributed by atoms with van der Waals surface area (Å²) >= 11 is 9.06. The van der Waals surface area contributed by atoms with E-state index in [1.54, 1.807) is 12.1 Å². The van der Waals surface area contributed by atoms with Gasteiger partial charge in [-0.3, -0.25) is 4.79 Å². The normalized spacial score (nSPS) is 20.4. The van der Waals surface area contributed by atoms with Gasteiger partial charge in [-0.2, -0.15) is 0 Å². The van der Waals surface area contributed by atoms with E-state index in [0.29, 0.717) is 34.8 Å². The molecule has 5 nitrogen and oxygen atoms in total. The van der Waals surface area contributed by atoms with Crippen molar-refractivity contribution in [1.82, 2.24) is 15.6 Å². The molecule has 2 rings (SSSR count). The van der Waals surface area contributed by atoms with Crippen molar-refractivity contribution in [2.24, 2.45) is 0 Å². The molecule has 1 aromatic heterocycles. The summed E-state index contributed by atoms with van der Waals surface area (Å²) in [5.74, 6) is 0.0946. The van der Waals surface area contributed by atoms with Crippen molar-refractivity contribution < 1.29 is 9.90 Å². The molecule has 0 aromatic carbocycles. The molecule has 1 unspecified atom stereocenters. The van der Waals surface area contributed by atoms with Crippen molar-refractivity contribution in [1.29, 1.82) is 0 Å². The van der Waals surface area contributed by atoms with Crippen LogP contribution in [-0.2, 0) is 4.79 Å². The Morgan fingerprint density at radius 3 is 3.05 bits per heavy atom. The van der Waals surface area contributed by atoms with Crippen LogP contribution < -0.4 is 10.6 Å². The highest BCUT2D eigenvalue weighted by atomic mass is 79.9. The number of pyridine rings is 1. The first-order chi connectivity index (χ1) is 9.04. The predicted molar refractivity (Wildman–Crippen MR) is 75.9 cm³/mol. The van der Waals surface area contributed by atoms with Gasteiger partial charge in [-0.1, -0.05) is 11.6 Å². The predicted octanol–water partition coefficient (Wildman–Crippen LogP) is 1.40. The van der Waals surface area contributed by atoms with Gasteiger partial charge in [0.2, 0.25) is 5.91 Å². The van der Waals surface area contributed by atoms with E-state index in [1.165, 1.54) is 0 Å². The Kier molecular flexibility index (Phi) is 5.15. The topological polar surface area (TPSA) is 74.2 Å². The SMILES string of the molecule is O=C1CC[C@H](CNCC(O)c2cc(Cl)nc(Br)c2)N1. The molecule has 0 bridgehead atoms. The molecule has 2 heterocycles. The van der Waals surface area contributed by atoms with Crippen molar-refractivity contribution >= 4 is 33.4 Å². The molecule has 104 valence electrons. The van der Waals surface area contributed by atoms with E-state index in [0.717, 1.165) is 6.42 Å². The zero-order valence-corrected chi connectivity index (χ0v) is 12.5. The minimum Gasteiger partial charge on any atom is -0.387 e.